The Balaban J connectivity index is 1.67. The second-order valence-electron chi connectivity index (χ2n) is 5.68. The van der Waals surface area contributed by atoms with E-state index in [1.807, 2.05) is 37.3 Å². The second-order valence-corrected chi connectivity index (χ2v) is 5.68. The smallest absolute Gasteiger partial charge is 0.280 e. The van der Waals surface area contributed by atoms with Gasteiger partial charge in [0.25, 0.3) is 5.91 Å². The van der Waals surface area contributed by atoms with E-state index < -0.39 is 0 Å². The number of para-hydroxylation sites is 1. The van der Waals surface area contributed by atoms with Gasteiger partial charge in [-0.15, -0.1) is 0 Å². The minimum Gasteiger partial charge on any atom is -0.355 e. The first kappa shape index (κ1) is 13.7. The molecule has 5 nitrogen and oxygen atoms in total. The van der Waals surface area contributed by atoms with Gasteiger partial charge in [-0.3, -0.25) is 9.78 Å². The minimum atomic E-state index is -0.138. The normalized spacial score (nSPS) is 16.4. The van der Waals surface area contributed by atoms with Gasteiger partial charge in [0, 0.05) is 35.8 Å². The Labute approximate surface area is 133 Å². The molecule has 1 amide bonds. The largest absolute Gasteiger partial charge is 0.355 e. The molecule has 1 unspecified atom stereocenters. The monoisotopic (exact) mass is 305 g/mol. The molecule has 0 bridgehead atoms. The lowest BCUT2D eigenvalue weighted by Crippen LogP contribution is -2.35. The predicted octanol–water partition coefficient (Wildman–Crippen LogP) is 3.33. The van der Waals surface area contributed by atoms with Gasteiger partial charge in [0.1, 0.15) is 0 Å². The van der Waals surface area contributed by atoms with E-state index in [4.69, 9.17) is 4.52 Å². The standard InChI is InChI=1S/C18H15N3O2/c1-12-9-13-5-2-3-7-16(13)21(12)18(22)15-10-17(23-20-15)14-6-4-8-19-11-14/h2-8,10-12H,9H2,1H3. The van der Waals surface area contributed by atoms with Crippen LogP contribution in [0.5, 0.6) is 0 Å². The molecule has 2 aromatic heterocycles. The summed E-state index contributed by atoms with van der Waals surface area (Å²) in [6.45, 7) is 2.04. The number of rotatable bonds is 2. The molecule has 1 aromatic carbocycles. The van der Waals surface area contributed by atoms with Crippen molar-refractivity contribution >= 4 is 11.6 Å². The Bertz CT molecular complexity index is 857. The maximum absolute atomic E-state index is 12.9. The zero-order valence-electron chi connectivity index (χ0n) is 12.6. The van der Waals surface area contributed by atoms with E-state index >= 15 is 0 Å². The van der Waals surface area contributed by atoms with Gasteiger partial charge in [-0.1, -0.05) is 23.4 Å². The van der Waals surface area contributed by atoms with E-state index in [0.717, 1.165) is 17.7 Å². The zero-order valence-corrected chi connectivity index (χ0v) is 12.6. The van der Waals surface area contributed by atoms with Crippen LogP contribution in [0.15, 0.2) is 59.4 Å². The molecular formula is C18H15N3O2. The number of carbonyl (C=O) groups is 1. The maximum atomic E-state index is 12.9. The molecule has 0 aliphatic carbocycles. The average molecular weight is 305 g/mol. The number of anilines is 1. The van der Waals surface area contributed by atoms with Crippen molar-refractivity contribution < 1.29 is 9.32 Å². The second kappa shape index (κ2) is 5.35. The molecule has 0 N–H and O–H groups in total. The van der Waals surface area contributed by atoms with Gasteiger partial charge in [-0.25, -0.2) is 0 Å². The van der Waals surface area contributed by atoms with Gasteiger partial charge in [0.05, 0.1) is 0 Å². The fourth-order valence-corrected chi connectivity index (χ4v) is 3.02. The third-order valence-corrected chi connectivity index (χ3v) is 4.10. The van der Waals surface area contributed by atoms with Crippen LogP contribution < -0.4 is 4.90 Å². The van der Waals surface area contributed by atoms with Gasteiger partial charge in [-0.05, 0) is 37.1 Å². The first-order valence-electron chi connectivity index (χ1n) is 7.52. The SMILES string of the molecule is CC1Cc2ccccc2N1C(=O)c1cc(-c2cccnc2)on1. The van der Waals surface area contributed by atoms with Crippen molar-refractivity contribution in [1.82, 2.24) is 10.1 Å². The number of pyridine rings is 1. The maximum Gasteiger partial charge on any atom is 0.280 e. The Morgan fingerprint density at radius 1 is 1.26 bits per heavy atom. The summed E-state index contributed by atoms with van der Waals surface area (Å²) in [5.41, 5.74) is 3.25. The summed E-state index contributed by atoms with van der Waals surface area (Å²) in [6, 6.07) is 13.4. The quantitative estimate of drug-likeness (QED) is 0.728. The van der Waals surface area contributed by atoms with Gasteiger partial charge in [0.15, 0.2) is 11.5 Å². The number of benzene rings is 1. The van der Waals surface area contributed by atoms with Crippen molar-refractivity contribution in [3.05, 3.63) is 66.1 Å². The molecule has 23 heavy (non-hydrogen) atoms. The summed E-state index contributed by atoms with van der Waals surface area (Å²) in [5.74, 6) is 0.405. The Morgan fingerprint density at radius 3 is 2.96 bits per heavy atom. The number of fused-ring (bicyclic) bond motifs is 1. The van der Waals surface area contributed by atoms with E-state index in [9.17, 15) is 4.79 Å². The summed E-state index contributed by atoms with van der Waals surface area (Å²) in [6.07, 6.45) is 4.23. The van der Waals surface area contributed by atoms with Crippen LogP contribution in [-0.4, -0.2) is 22.1 Å². The van der Waals surface area contributed by atoms with E-state index in [1.165, 1.54) is 5.56 Å². The van der Waals surface area contributed by atoms with Crippen molar-refractivity contribution in [2.24, 2.45) is 0 Å². The summed E-state index contributed by atoms with van der Waals surface area (Å²) in [4.78, 5) is 18.7. The number of hydrogen-bond acceptors (Lipinski definition) is 4. The number of hydrogen-bond donors (Lipinski definition) is 0. The molecule has 1 aliphatic heterocycles. The molecule has 0 saturated carbocycles. The van der Waals surface area contributed by atoms with Crippen molar-refractivity contribution in [1.29, 1.82) is 0 Å². The van der Waals surface area contributed by atoms with Crippen LogP contribution in [0.1, 0.15) is 23.0 Å². The van der Waals surface area contributed by atoms with Crippen molar-refractivity contribution in [3.8, 4) is 11.3 Å². The molecule has 0 radical (unpaired) electrons. The van der Waals surface area contributed by atoms with Crippen LogP contribution in [0.3, 0.4) is 0 Å². The topological polar surface area (TPSA) is 59.2 Å². The zero-order chi connectivity index (χ0) is 15.8. The summed E-state index contributed by atoms with van der Waals surface area (Å²) < 4.78 is 5.32. The highest BCUT2D eigenvalue weighted by atomic mass is 16.5. The molecular weight excluding hydrogens is 290 g/mol. The van der Waals surface area contributed by atoms with Crippen LogP contribution >= 0.6 is 0 Å². The predicted molar refractivity (Wildman–Crippen MR) is 86.2 cm³/mol. The van der Waals surface area contributed by atoms with Crippen LogP contribution in [0.4, 0.5) is 5.69 Å². The van der Waals surface area contributed by atoms with E-state index in [2.05, 4.69) is 16.2 Å². The van der Waals surface area contributed by atoms with E-state index in [1.54, 1.807) is 23.4 Å². The van der Waals surface area contributed by atoms with E-state index in [0.29, 0.717) is 11.5 Å². The van der Waals surface area contributed by atoms with Gasteiger partial charge in [-0.2, -0.15) is 0 Å². The number of carbonyl (C=O) groups excluding carboxylic acids is 1. The highest BCUT2D eigenvalue weighted by molar-refractivity contribution is 6.06. The molecule has 3 heterocycles. The van der Waals surface area contributed by atoms with Crippen LogP contribution in [0.2, 0.25) is 0 Å². The third kappa shape index (κ3) is 2.30. The van der Waals surface area contributed by atoms with Crippen molar-refractivity contribution in [3.63, 3.8) is 0 Å². The minimum absolute atomic E-state index is 0.110. The lowest BCUT2D eigenvalue weighted by Gasteiger charge is -2.21. The van der Waals surface area contributed by atoms with Gasteiger partial charge >= 0.3 is 0 Å². The molecule has 0 saturated heterocycles. The molecule has 114 valence electrons. The average Bonchev–Trinajstić information content (AvgIpc) is 3.19. The fourth-order valence-electron chi connectivity index (χ4n) is 3.02. The molecule has 3 aromatic rings. The molecule has 0 fully saturated rings. The Hall–Kier alpha value is -2.95. The third-order valence-electron chi connectivity index (χ3n) is 4.10. The van der Waals surface area contributed by atoms with Crippen molar-refractivity contribution in [2.75, 3.05) is 4.90 Å². The Kier molecular flexibility index (Phi) is 3.19. The summed E-state index contributed by atoms with van der Waals surface area (Å²) in [5, 5.41) is 3.95. The first-order chi connectivity index (χ1) is 11.2. The van der Waals surface area contributed by atoms with Crippen LogP contribution in [0, 0.1) is 0 Å². The first-order valence-corrected chi connectivity index (χ1v) is 7.52. The molecule has 1 atom stereocenters. The fraction of sp³-hybridized carbons (Fsp3) is 0.167. The number of nitrogens with zero attached hydrogens (tertiary/aromatic N) is 3. The molecule has 0 spiro atoms. The van der Waals surface area contributed by atoms with Gasteiger partial charge < -0.3 is 9.42 Å². The summed E-state index contributed by atoms with van der Waals surface area (Å²) >= 11 is 0. The van der Waals surface area contributed by atoms with Crippen LogP contribution in [-0.2, 0) is 6.42 Å². The lowest BCUT2D eigenvalue weighted by atomic mass is 10.1. The number of aromatic nitrogens is 2. The molecule has 4 rings (SSSR count). The Morgan fingerprint density at radius 2 is 2.13 bits per heavy atom. The summed E-state index contributed by atoms with van der Waals surface area (Å²) in [7, 11) is 0. The van der Waals surface area contributed by atoms with Crippen LogP contribution in [0.25, 0.3) is 11.3 Å². The van der Waals surface area contributed by atoms with Gasteiger partial charge in [0.2, 0.25) is 0 Å². The molecule has 1 aliphatic rings. The number of amides is 1. The molecule has 5 heteroatoms. The lowest BCUT2D eigenvalue weighted by molar-refractivity contribution is 0.0973. The highest BCUT2D eigenvalue weighted by Crippen LogP contribution is 2.33. The van der Waals surface area contributed by atoms with E-state index in [-0.39, 0.29) is 11.9 Å². The van der Waals surface area contributed by atoms with Crippen molar-refractivity contribution in [2.45, 2.75) is 19.4 Å². The highest BCUT2D eigenvalue weighted by Gasteiger charge is 2.32.